The summed E-state index contributed by atoms with van der Waals surface area (Å²) in [5, 5.41) is 11.5. The average Bonchev–Trinajstić information content (AvgIpc) is 2.18. The van der Waals surface area contributed by atoms with Crippen molar-refractivity contribution in [3.8, 4) is 0 Å². The first kappa shape index (κ1) is 12.8. The van der Waals surface area contributed by atoms with E-state index in [4.69, 9.17) is 0 Å². The minimum absolute atomic E-state index is 0.301. The Morgan fingerprint density at radius 2 is 1.88 bits per heavy atom. The Bertz CT molecular complexity index is 388. The van der Waals surface area contributed by atoms with E-state index in [0.29, 0.717) is 0 Å². The van der Waals surface area contributed by atoms with E-state index in [9.17, 15) is 5.21 Å². The third-order valence-electron chi connectivity index (χ3n) is 2.40. The van der Waals surface area contributed by atoms with Gasteiger partial charge < -0.3 is 0 Å². The van der Waals surface area contributed by atoms with Crippen molar-refractivity contribution in [1.29, 1.82) is 0 Å². The molecule has 0 aromatic heterocycles. The third-order valence-corrected chi connectivity index (χ3v) is 2.40. The monoisotopic (exact) mass is 219 g/mol. The average molecular weight is 219 g/mol. The number of aryl methyl sites for hydroxylation is 1. The molecule has 16 heavy (non-hydrogen) atoms. The number of allylic oxidation sites excluding steroid dienone is 1. The van der Waals surface area contributed by atoms with Crippen LogP contribution in [0.2, 0.25) is 0 Å². The molecule has 0 atom stereocenters. The molecular weight excluding hydrogens is 198 g/mol. The van der Waals surface area contributed by atoms with Crippen molar-refractivity contribution < 1.29 is 5.21 Å². The number of anilines is 1. The summed E-state index contributed by atoms with van der Waals surface area (Å²) in [4.78, 5) is 0. The first-order chi connectivity index (χ1) is 7.36. The Kier molecular flexibility index (Phi) is 3.76. The predicted octanol–water partition coefficient (Wildman–Crippen LogP) is 4.02. The molecule has 88 valence electrons. The molecule has 0 saturated heterocycles. The van der Waals surface area contributed by atoms with E-state index in [-0.39, 0.29) is 5.54 Å². The van der Waals surface area contributed by atoms with Crippen LogP contribution in [0, 0.1) is 6.92 Å². The first-order valence-electron chi connectivity index (χ1n) is 5.58. The topological polar surface area (TPSA) is 23.5 Å². The van der Waals surface area contributed by atoms with Gasteiger partial charge in [0.15, 0.2) is 0 Å². The largest absolute Gasteiger partial charge is 0.288 e. The van der Waals surface area contributed by atoms with Crippen LogP contribution in [0.4, 0.5) is 5.69 Å². The minimum Gasteiger partial charge on any atom is -0.288 e. The molecule has 0 aliphatic carbocycles. The van der Waals surface area contributed by atoms with E-state index < -0.39 is 0 Å². The van der Waals surface area contributed by atoms with Gasteiger partial charge in [0.1, 0.15) is 0 Å². The van der Waals surface area contributed by atoms with Crippen molar-refractivity contribution in [2.75, 3.05) is 5.06 Å². The molecule has 0 aliphatic heterocycles. The summed E-state index contributed by atoms with van der Waals surface area (Å²) >= 11 is 0. The second-order valence-corrected chi connectivity index (χ2v) is 5.04. The molecule has 2 heteroatoms. The molecular formula is C14H21NO. The van der Waals surface area contributed by atoms with Gasteiger partial charge in [-0.1, -0.05) is 24.3 Å². The Hall–Kier alpha value is -1.28. The van der Waals surface area contributed by atoms with Gasteiger partial charge in [0, 0.05) is 0 Å². The summed E-state index contributed by atoms with van der Waals surface area (Å²) in [5.74, 6) is 0. The van der Waals surface area contributed by atoms with Gasteiger partial charge in [0.2, 0.25) is 0 Å². The van der Waals surface area contributed by atoms with Crippen molar-refractivity contribution >= 4 is 11.8 Å². The van der Waals surface area contributed by atoms with E-state index >= 15 is 0 Å². The Labute approximate surface area is 98.2 Å². The van der Waals surface area contributed by atoms with Gasteiger partial charge >= 0.3 is 0 Å². The molecule has 0 bridgehead atoms. The van der Waals surface area contributed by atoms with Crippen molar-refractivity contribution in [2.24, 2.45) is 0 Å². The Morgan fingerprint density at radius 1 is 1.25 bits per heavy atom. The lowest BCUT2D eigenvalue weighted by molar-refractivity contribution is 0.181. The fraction of sp³-hybridized carbons (Fsp3) is 0.429. The fourth-order valence-electron chi connectivity index (χ4n) is 1.52. The summed E-state index contributed by atoms with van der Waals surface area (Å²) in [6.45, 7) is 9.94. The van der Waals surface area contributed by atoms with Crippen molar-refractivity contribution in [2.45, 2.75) is 40.2 Å². The molecule has 1 rings (SSSR count). The maximum Gasteiger partial charge on any atom is 0.0715 e. The summed E-state index contributed by atoms with van der Waals surface area (Å²) in [7, 11) is 0. The number of rotatable bonds is 2. The summed E-state index contributed by atoms with van der Waals surface area (Å²) in [6.07, 6.45) is 3.98. The molecule has 0 amide bonds. The van der Waals surface area contributed by atoms with Crippen molar-refractivity contribution in [3.63, 3.8) is 0 Å². The Balaban J connectivity index is 3.24. The van der Waals surface area contributed by atoms with Gasteiger partial charge in [-0.15, -0.1) is 0 Å². The standard InChI is InChI=1S/C14H21NO/c1-6-7-12-9-8-11(2)10-13(12)15(16)14(3,4)5/h6-10,16H,1-5H3/b7-6+. The summed E-state index contributed by atoms with van der Waals surface area (Å²) in [5.41, 5.74) is 2.73. The van der Waals surface area contributed by atoms with E-state index in [0.717, 1.165) is 16.8 Å². The lowest BCUT2D eigenvalue weighted by Gasteiger charge is -2.32. The van der Waals surface area contributed by atoms with Crippen LogP contribution in [-0.4, -0.2) is 10.7 Å². The zero-order chi connectivity index (χ0) is 12.3. The molecule has 0 aliphatic rings. The third kappa shape index (κ3) is 2.86. The number of hydrogen-bond acceptors (Lipinski definition) is 2. The quantitative estimate of drug-likeness (QED) is 0.759. The predicted molar refractivity (Wildman–Crippen MR) is 69.9 cm³/mol. The number of nitrogens with zero attached hydrogens (tertiary/aromatic N) is 1. The lowest BCUT2D eigenvalue weighted by atomic mass is 10.0. The van der Waals surface area contributed by atoms with Crippen LogP contribution in [0.15, 0.2) is 24.3 Å². The van der Waals surface area contributed by atoms with Gasteiger partial charge in [-0.2, -0.15) is 0 Å². The first-order valence-corrected chi connectivity index (χ1v) is 5.58. The normalized spacial score (nSPS) is 12.1. The SMILES string of the molecule is C/C=C/c1ccc(C)cc1N(O)C(C)(C)C. The maximum atomic E-state index is 10.2. The van der Waals surface area contributed by atoms with Gasteiger partial charge in [-0.25, -0.2) is 0 Å². The van der Waals surface area contributed by atoms with Crippen LogP contribution in [0.5, 0.6) is 0 Å². The molecule has 0 unspecified atom stereocenters. The minimum atomic E-state index is -0.301. The number of hydroxylamine groups is 1. The van der Waals surface area contributed by atoms with Gasteiger partial charge in [-0.3, -0.25) is 10.3 Å². The molecule has 0 fully saturated rings. The van der Waals surface area contributed by atoms with Crippen LogP contribution in [0.1, 0.15) is 38.8 Å². The molecule has 1 N–H and O–H groups in total. The van der Waals surface area contributed by atoms with Crippen LogP contribution in [0.25, 0.3) is 6.08 Å². The van der Waals surface area contributed by atoms with Crippen molar-refractivity contribution in [3.05, 3.63) is 35.4 Å². The summed E-state index contributed by atoms with van der Waals surface area (Å²) < 4.78 is 0. The van der Waals surface area contributed by atoms with Crippen LogP contribution in [-0.2, 0) is 0 Å². The molecule has 2 nitrogen and oxygen atoms in total. The van der Waals surface area contributed by atoms with Crippen molar-refractivity contribution in [1.82, 2.24) is 0 Å². The highest BCUT2D eigenvalue weighted by Crippen LogP contribution is 2.27. The second-order valence-electron chi connectivity index (χ2n) is 5.04. The zero-order valence-corrected chi connectivity index (χ0v) is 10.8. The van der Waals surface area contributed by atoms with Gasteiger partial charge in [0.05, 0.1) is 11.2 Å². The van der Waals surface area contributed by atoms with Gasteiger partial charge in [0.25, 0.3) is 0 Å². The van der Waals surface area contributed by atoms with Crippen LogP contribution in [0.3, 0.4) is 0 Å². The fourth-order valence-corrected chi connectivity index (χ4v) is 1.52. The van der Waals surface area contributed by atoms with Gasteiger partial charge in [-0.05, 0) is 51.8 Å². The maximum absolute atomic E-state index is 10.2. The van der Waals surface area contributed by atoms with E-state index in [1.807, 2.05) is 58.9 Å². The molecule has 0 saturated carbocycles. The highest BCUT2D eigenvalue weighted by Gasteiger charge is 2.21. The number of benzene rings is 1. The molecule has 1 aromatic rings. The number of hydrogen-bond donors (Lipinski definition) is 1. The van der Waals surface area contributed by atoms with Crippen LogP contribution < -0.4 is 5.06 Å². The summed E-state index contributed by atoms with van der Waals surface area (Å²) in [6, 6.07) is 6.08. The van der Waals surface area contributed by atoms with E-state index in [2.05, 4.69) is 6.07 Å². The van der Waals surface area contributed by atoms with Crippen LogP contribution >= 0.6 is 0 Å². The second kappa shape index (κ2) is 4.71. The van der Waals surface area contributed by atoms with E-state index in [1.54, 1.807) is 0 Å². The smallest absolute Gasteiger partial charge is 0.0715 e. The zero-order valence-electron chi connectivity index (χ0n) is 10.8. The van der Waals surface area contributed by atoms with E-state index in [1.165, 1.54) is 5.06 Å². The lowest BCUT2D eigenvalue weighted by Crippen LogP contribution is -2.39. The Morgan fingerprint density at radius 3 is 2.38 bits per heavy atom. The molecule has 0 radical (unpaired) electrons. The molecule has 0 heterocycles. The molecule has 1 aromatic carbocycles. The highest BCUT2D eigenvalue weighted by atomic mass is 16.5. The molecule has 0 spiro atoms. The highest BCUT2D eigenvalue weighted by molar-refractivity contribution is 5.68.